The molecule has 15 heteroatoms. The van der Waals surface area contributed by atoms with Gasteiger partial charge in [0.05, 0.1) is 5.25 Å². The third-order valence-electron chi connectivity index (χ3n) is 7.00. The van der Waals surface area contributed by atoms with Crippen molar-refractivity contribution in [2.75, 3.05) is 6.26 Å². The largest absolute Gasteiger partial charge is 0.460 e. The van der Waals surface area contributed by atoms with Crippen molar-refractivity contribution in [1.29, 1.82) is 0 Å². The lowest BCUT2D eigenvalue weighted by molar-refractivity contribution is -0.382. The Bertz CT molecular complexity index is 890. The molecule has 5 unspecified atom stereocenters. The molecular weight excluding hydrogens is 515 g/mol. The first kappa shape index (κ1) is 26.9. The topological polar surface area (TPSA) is 60.4 Å². The Kier molecular flexibility index (Phi) is 6.66. The van der Waals surface area contributed by atoms with Crippen molar-refractivity contribution in [1.82, 2.24) is 0 Å². The molecule has 0 aromatic rings. The van der Waals surface area contributed by atoms with Crippen LogP contribution in [0.5, 0.6) is 0 Å². The molecular formula is C18H23F9O4S2. The van der Waals surface area contributed by atoms with Gasteiger partial charge in [0.1, 0.15) is 5.78 Å². The molecule has 194 valence electrons. The highest BCUT2D eigenvalue weighted by atomic mass is 32.3. The lowest BCUT2D eigenvalue weighted by Crippen LogP contribution is -2.63. The average molecular weight is 538 g/mol. The molecule has 0 amide bonds. The molecule has 0 N–H and O–H groups in total. The van der Waals surface area contributed by atoms with Crippen LogP contribution in [-0.2, 0) is 18.5 Å². The summed E-state index contributed by atoms with van der Waals surface area (Å²) in [6.45, 7) is 0. The fraction of sp³-hybridized carbons (Fsp3) is 0.944. The van der Waals surface area contributed by atoms with Crippen LogP contribution in [0.15, 0.2) is 0 Å². The van der Waals surface area contributed by atoms with Gasteiger partial charge in [-0.3, -0.25) is 4.79 Å². The summed E-state index contributed by atoms with van der Waals surface area (Å²) in [7, 11) is -10.5. The zero-order valence-electron chi connectivity index (χ0n) is 17.3. The molecule has 3 saturated carbocycles. The van der Waals surface area contributed by atoms with Crippen LogP contribution in [0, 0.1) is 11.8 Å². The molecule has 0 aromatic heterocycles. The van der Waals surface area contributed by atoms with Gasteiger partial charge in [0.15, 0.2) is 0 Å². The summed E-state index contributed by atoms with van der Waals surface area (Å²) < 4.78 is 150. The molecule has 0 heterocycles. The zero-order chi connectivity index (χ0) is 25.3. The van der Waals surface area contributed by atoms with Gasteiger partial charge >= 0.3 is 33.4 Å². The monoisotopic (exact) mass is 538 g/mol. The molecule has 0 saturated heterocycles. The van der Waals surface area contributed by atoms with Crippen LogP contribution in [0.1, 0.15) is 51.4 Å². The van der Waals surface area contributed by atoms with Crippen LogP contribution in [0.25, 0.3) is 0 Å². The number of Topliss-reactive ketones (excluding diaryl/α,β-unsaturated/α-hetero) is 1. The van der Waals surface area contributed by atoms with Gasteiger partial charge in [-0.15, -0.1) is 10.3 Å². The number of carbonyl (C=O) groups excluding carboxylic acids is 1. The fourth-order valence-electron chi connectivity index (χ4n) is 5.27. The number of hydrogen-bond donors (Lipinski definition) is 0. The van der Waals surface area contributed by atoms with Gasteiger partial charge in [0, 0.05) is 11.7 Å². The molecule has 0 radical (unpaired) electrons. The minimum absolute atomic E-state index is 0.0226. The molecule has 33 heavy (non-hydrogen) atoms. The summed E-state index contributed by atoms with van der Waals surface area (Å²) in [6, 6.07) is 0. The van der Waals surface area contributed by atoms with Crippen molar-refractivity contribution >= 4 is 26.2 Å². The number of fused-ring (bicyclic) bond motifs is 2. The minimum atomic E-state index is -7.36. The van der Waals surface area contributed by atoms with E-state index in [0.29, 0.717) is 25.7 Å². The zero-order valence-corrected chi connectivity index (χ0v) is 19.0. The van der Waals surface area contributed by atoms with Gasteiger partial charge in [0.2, 0.25) is 0 Å². The second-order valence-corrected chi connectivity index (χ2v) is 14.1. The van der Waals surface area contributed by atoms with Gasteiger partial charge in [-0.1, -0.05) is 12.8 Å². The van der Waals surface area contributed by atoms with Crippen LogP contribution >= 0.6 is 10.3 Å². The maximum Gasteiger partial charge on any atom is 0.460 e. The van der Waals surface area contributed by atoms with Gasteiger partial charge in [0.25, 0.3) is 0 Å². The summed E-state index contributed by atoms with van der Waals surface area (Å²) in [4.78, 5) is 12.6. The maximum absolute atomic E-state index is 14.4. The van der Waals surface area contributed by atoms with Crippen molar-refractivity contribution in [3.05, 3.63) is 0 Å². The Balaban J connectivity index is 2.03. The van der Waals surface area contributed by atoms with E-state index >= 15 is 0 Å². The van der Waals surface area contributed by atoms with Crippen LogP contribution in [0.2, 0.25) is 0 Å². The Morgan fingerprint density at radius 1 is 0.848 bits per heavy atom. The average Bonchev–Trinajstić information content (AvgIpc) is 3.30. The fourth-order valence-corrected chi connectivity index (χ4v) is 11.7. The van der Waals surface area contributed by atoms with E-state index in [0.717, 1.165) is 12.7 Å². The molecule has 3 aliphatic rings. The maximum atomic E-state index is 14.4. The molecule has 4 nitrogen and oxygen atoms in total. The standard InChI is InChI=1S/C18H23F9O4S2/c1-32(13-5-3-2-4-12(13)28,14-9-10-6-7-11(14)8-10)31-33(29,30)18(26,27)16(21,22)15(19,20)17(23,24)25/h10-11,13-14H,2-9H2,1H3. The molecule has 0 spiro atoms. The number of ketones is 1. The van der Waals surface area contributed by atoms with E-state index in [1.54, 1.807) is 0 Å². The highest BCUT2D eigenvalue weighted by Gasteiger charge is 2.86. The molecule has 2 bridgehead atoms. The van der Waals surface area contributed by atoms with Crippen LogP contribution in [0.3, 0.4) is 0 Å². The highest BCUT2D eigenvalue weighted by Crippen LogP contribution is 2.69. The number of rotatable bonds is 7. The molecule has 0 aromatic carbocycles. The normalized spacial score (nSPS) is 32.6. The Hall–Kier alpha value is -0.700. The summed E-state index contributed by atoms with van der Waals surface area (Å²) >= 11 is 0. The van der Waals surface area contributed by atoms with Gasteiger partial charge < -0.3 is 0 Å². The van der Waals surface area contributed by atoms with E-state index < -0.39 is 60.0 Å². The molecule has 5 atom stereocenters. The number of halogens is 9. The van der Waals surface area contributed by atoms with E-state index in [9.17, 15) is 52.7 Å². The molecule has 3 rings (SSSR count). The van der Waals surface area contributed by atoms with E-state index in [2.05, 4.69) is 3.63 Å². The third-order valence-corrected chi connectivity index (χ3v) is 13.2. The van der Waals surface area contributed by atoms with Crippen LogP contribution in [0.4, 0.5) is 39.5 Å². The Morgan fingerprint density at radius 2 is 1.45 bits per heavy atom. The van der Waals surface area contributed by atoms with Gasteiger partial charge in [-0.2, -0.15) is 47.9 Å². The van der Waals surface area contributed by atoms with E-state index in [-0.39, 0.29) is 31.1 Å². The van der Waals surface area contributed by atoms with Crippen molar-refractivity contribution in [2.45, 2.75) is 85.1 Å². The Labute approximate surface area is 186 Å². The predicted octanol–water partition coefficient (Wildman–Crippen LogP) is 5.81. The van der Waals surface area contributed by atoms with Gasteiger partial charge in [-0.25, -0.2) is 3.63 Å². The summed E-state index contributed by atoms with van der Waals surface area (Å²) in [5, 5.41) is -8.90. The molecule has 3 fully saturated rings. The third kappa shape index (κ3) is 4.07. The van der Waals surface area contributed by atoms with Gasteiger partial charge in [-0.05, 0) is 50.2 Å². The van der Waals surface area contributed by atoms with E-state index in [1.165, 1.54) is 0 Å². The van der Waals surface area contributed by atoms with Crippen molar-refractivity contribution in [3.63, 3.8) is 0 Å². The first-order valence-corrected chi connectivity index (χ1v) is 13.7. The Morgan fingerprint density at radius 3 is 1.91 bits per heavy atom. The summed E-state index contributed by atoms with van der Waals surface area (Å²) in [5.74, 6) is -15.4. The van der Waals surface area contributed by atoms with Crippen LogP contribution < -0.4 is 0 Å². The van der Waals surface area contributed by atoms with Crippen molar-refractivity contribution in [3.8, 4) is 0 Å². The predicted molar refractivity (Wildman–Crippen MR) is 101 cm³/mol. The van der Waals surface area contributed by atoms with E-state index in [1.807, 2.05) is 0 Å². The first-order valence-electron chi connectivity index (χ1n) is 10.2. The number of carbonyl (C=O) groups is 1. The second-order valence-electron chi connectivity index (χ2n) is 9.07. The van der Waals surface area contributed by atoms with Crippen LogP contribution in [-0.4, -0.2) is 54.2 Å². The lowest BCUT2D eigenvalue weighted by Gasteiger charge is -2.49. The van der Waals surface area contributed by atoms with Crippen molar-refractivity contribution < 1.29 is 56.4 Å². The van der Waals surface area contributed by atoms with Crippen molar-refractivity contribution in [2.24, 2.45) is 11.8 Å². The quantitative estimate of drug-likeness (QED) is 0.384. The summed E-state index contributed by atoms with van der Waals surface area (Å²) in [5.41, 5.74) is 0. The molecule has 3 aliphatic carbocycles. The first-order chi connectivity index (χ1) is 14.8. The SMILES string of the molecule is CS(OS(=O)(=O)C(F)(F)C(F)(F)C(F)(F)C(F)(F)F)(C1CCCCC1=O)C1CC2CCC1C2. The smallest absolute Gasteiger partial charge is 0.298 e. The second kappa shape index (κ2) is 8.17. The summed E-state index contributed by atoms with van der Waals surface area (Å²) in [6.07, 6.45) is -3.11. The number of hydrogen-bond acceptors (Lipinski definition) is 4. The van der Waals surface area contributed by atoms with E-state index in [4.69, 9.17) is 0 Å². The molecule has 0 aliphatic heterocycles. The number of alkyl halides is 9. The highest BCUT2D eigenvalue weighted by molar-refractivity contribution is 8.34. The lowest BCUT2D eigenvalue weighted by atomic mass is 9.99. The minimum Gasteiger partial charge on any atom is -0.298 e.